The number of carbonyl (C=O) groups is 3. The second-order valence-electron chi connectivity index (χ2n) is 5.63. The van der Waals surface area contributed by atoms with E-state index in [9.17, 15) is 18.8 Å². The fourth-order valence-corrected chi connectivity index (χ4v) is 2.20. The Labute approximate surface area is 127 Å². The average Bonchev–Trinajstić information content (AvgIpc) is 2.70. The zero-order valence-corrected chi connectivity index (χ0v) is 12.6. The standard InChI is InChI=1S/C15H18FN3O3/c1-8(2)13-14(21)19(15(22)18-13)7-12(20)17-11-5-4-9(3)6-10(11)16/h4-6,8,13H,7H2,1-3H3,(H,17,20)(H,18,22). The molecule has 1 saturated heterocycles. The highest BCUT2D eigenvalue weighted by Gasteiger charge is 2.40. The van der Waals surface area contributed by atoms with Crippen molar-refractivity contribution in [2.75, 3.05) is 11.9 Å². The molecule has 0 bridgehead atoms. The predicted molar refractivity (Wildman–Crippen MR) is 78.6 cm³/mol. The van der Waals surface area contributed by atoms with Crippen LogP contribution in [-0.2, 0) is 9.59 Å². The zero-order chi connectivity index (χ0) is 16.4. The SMILES string of the molecule is Cc1ccc(NC(=O)CN2C(=O)NC(C(C)C)C2=O)c(F)c1. The summed E-state index contributed by atoms with van der Waals surface area (Å²) in [6, 6.07) is 3.14. The first kappa shape index (κ1) is 15.9. The van der Waals surface area contributed by atoms with Crippen molar-refractivity contribution >= 4 is 23.5 Å². The predicted octanol–water partition coefficient (Wildman–Crippen LogP) is 1.65. The van der Waals surface area contributed by atoms with Gasteiger partial charge in [-0.3, -0.25) is 14.5 Å². The van der Waals surface area contributed by atoms with E-state index in [1.165, 1.54) is 12.1 Å². The largest absolute Gasteiger partial charge is 0.326 e. The summed E-state index contributed by atoms with van der Waals surface area (Å²) in [5.41, 5.74) is 0.743. The van der Waals surface area contributed by atoms with Gasteiger partial charge in [-0.2, -0.15) is 0 Å². The van der Waals surface area contributed by atoms with Crippen molar-refractivity contribution in [3.8, 4) is 0 Å². The summed E-state index contributed by atoms with van der Waals surface area (Å²) >= 11 is 0. The first-order valence-electron chi connectivity index (χ1n) is 6.97. The lowest BCUT2D eigenvalue weighted by Gasteiger charge is -2.14. The first-order chi connectivity index (χ1) is 10.3. The van der Waals surface area contributed by atoms with Crippen LogP contribution in [0.5, 0.6) is 0 Å². The number of rotatable bonds is 4. The van der Waals surface area contributed by atoms with E-state index in [1.807, 2.05) is 0 Å². The Morgan fingerprint density at radius 3 is 2.64 bits per heavy atom. The van der Waals surface area contributed by atoms with E-state index >= 15 is 0 Å². The number of halogens is 1. The second-order valence-corrected chi connectivity index (χ2v) is 5.63. The number of urea groups is 1. The second kappa shape index (κ2) is 6.13. The molecule has 6 nitrogen and oxygen atoms in total. The van der Waals surface area contributed by atoms with E-state index in [2.05, 4.69) is 10.6 Å². The van der Waals surface area contributed by atoms with Crippen molar-refractivity contribution in [3.63, 3.8) is 0 Å². The summed E-state index contributed by atoms with van der Waals surface area (Å²) < 4.78 is 13.7. The maximum atomic E-state index is 13.7. The van der Waals surface area contributed by atoms with Gasteiger partial charge < -0.3 is 10.6 Å². The number of carbonyl (C=O) groups excluding carboxylic acids is 3. The summed E-state index contributed by atoms with van der Waals surface area (Å²) in [5.74, 6) is -1.71. The molecular weight excluding hydrogens is 289 g/mol. The molecule has 7 heteroatoms. The van der Waals surface area contributed by atoms with Gasteiger partial charge in [0, 0.05) is 0 Å². The lowest BCUT2D eigenvalue weighted by atomic mass is 10.1. The van der Waals surface area contributed by atoms with Gasteiger partial charge in [0.25, 0.3) is 5.91 Å². The van der Waals surface area contributed by atoms with Crippen LogP contribution in [0.25, 0.3) is 0 Å². The van der Waals surface area contributed by atoms with E-state index in [0.717, 1.165) is 10.5 Å². The van der Waals surface area contributed by atoms with Gasteiger partial charge in [-0.05, 0) is 30.5 Å². The molecule has 22 heavy (non-hydrogen) atoms. The Hall–Kier alpha value is -2.44. The molecule has 1 heterocycles. The number of nitrogens with zero attached hydrogens (tertiary/aromatic N) is 1. The van der Waals surface area contributed by atoms with Crippen LogP contribution in [0.1, 0.15) is 19.4 Å². The lowest BCUT2D eigenvalue weighted by molar-refractivity contribution is -0.131. The quantitative estimate of drug-likeness (QED) is 0.830. The van der Waals surface area contributed by atoms with Gasteiger partial charge in [0.1, 0.15) is 18.4 Å². The van der Waals surface area contributed by atoms with Gasteiger partial charge in [-0.1, -0.05) is 19.9 Å². The molecule has 1 aliphatic heterocycles. The summed E-state index contributed by atoms with van der Waals surface area (Å²) in [4.78, 5) is 36.5. The molecular formula is C15H18FN3O3. The third-order valence-electron chi connectivity index (χ3n) is 3.42. The molecule has 1 aliphatic rings. The van der Waals surface area contributed by atoms with Crippen LogP contribution >= 0.6 is 0 Å². The number of hydrogen-bond acceptors (Lipinski definition) is 3. The molecule has 0 spiro atoms. The molecule has 1 unspecified atom stereocenters. The van der Waals surface area contributed by atoms with Crippen LogP contribution in [0.2, 0.25) is 0 Å². The van der Waals surface area contributed by atoms with Gasteiger partial charge in [0.15, 0.2) is 0 Å². The fraction of sp³-hybridized carbons (Fsp3) is 0.400. The van der Waals surface area contributed by atoms with Gasteiger partial charge in [0.05, 0.1) is 5.69 Å². The van der Waals surface area contributed by atoms with Crippen molar-refractivity contribution in [3.05, 3.63) is 29.6 Å². The van der Waals surface area contributed by atoms with Crippen LogP contribution in [0.4, 0.5) is 14.9 Å². The van der Waals surface area contributed by atoms with Gasteiger partial charge in [0.2, 0.25) is 5.91 Å². The number of benzene rings is 1. The van der Waals surface area contributed by atoms with Crippen molar-refractivity contribution < 1.29 is 18.8 Å². The molecule has 0 saturated carbocycles. The Morgan fingerprint density at radius 1 is 1.41 bits per heavy atom. The number of amides is 4. The number of nitrogens with one attached hydrogen (secondary N) is 2. The van der Waals surface area contributed by atoms with Gasteiger partial charge >= 0.3 is 6.03 Å². The summed E-state index contributed by atoms with van der Waals surface area (Å²) in [6.45, 7) is 4.89. The van der Waals surface area contributed by atoms with Crippen LogP contribution in [0.15, 0.2) is 18.2 Å². The Bertz CT molecular complexity index is 630. The molecule has 1 aromatic carbocycles. The highest BCUT2D eigenvalue weighted by molar-refractivity contribution is 6.08. The van der Waals surface area contributed by atoms with Crippen LogP contribution < -0.4 is 10.6 Å². The molecule has 118 valence electrons. The Morgan fingerprint density at radius 2 is 2.09 bits per heavy atom. The van der Waals surface area contributed by atoms with Gasteiger partial charge in [-0.15, -0.1) is 0 Å². The normalized spacial score (nSPS) is 17.9. The minimum absolute atomic E-state index is 0.0167. The molecule has 0 aromatic heterocycles. The van der Waals surface area contributed by atoms with Crippen LogP contribution in [0.3, 0.4) is 0 Å². The molecule has 2 N–H and O–H groups in total. The lowest BCUT2D eigenvalue weighted by Crippen LogP contribution is -2.39. The van der Waals surface area contributed by atoms with Crippen molar-refractivity contribution in [2.24, 2.45) is 5.92 Å². The van der Waals surface area contributed by atoms with Crippen LogP contribution in [-0.4, -0.2) is 35.3 Å². The monoisotopic (exact) mass is 307 g/mol. The number of anilines is 1. The molecule has 0 radical (unpaired) electrons. The first-order valence-corrected chi connectivity index (χ1v) is 6.97. The molecule has 4 amide bonds. The minimum Gasteiger partial charge on any atom is -0.326 e. The Kier molecular flexibility index (Phi) is 4.44. The molecule has 1 atom stereocenters. The number of aryl methyl sites for hydroxylation is 1. The third kappa shape index (κ3) is 3.24. The zero-order valence-electron chi connectivity index (χ0n) is 12.6. The van der Waals surface area contributed by atoms with Crippen molar-refractivity contribution in [1.82, 2.24) is 10.2 Å². The molecule has 2 rings (SSSR count). The minimum atomic E-state index is -0.629. The average molecular weight is 307 g/mol. The smallest absolute Gasteiger partial charge is 0.325 e. The van der Waals surface area contributed by atoms with Crippen molar-refractivity contribution in [1.29, 1.82) is 0 Å². The highest BCUT2D eigenvalue weighted by Crippen LogP contribution is 2.16. The van der Waals surface area contributed by atoms with Crippen molar-refractivity contribution in [2.45, 2.75) is 26.8 Å². The number of imide groups is 1. The van der Waals surface area contributed by atoms with E-state index in [4.69, 9.17) is 0 Å². The highest BCUT2D eigenvalue weighted by atomic mass is 19.1. The van der Waals surface area contributed by atoms with Gasteiger partial charge in [-0.25, -0.2) is 9.18 Å². The topological polar surface area (TPSA) is 78.5 Å². The molecule has 1 fully saturated rings. The van der Waals surface area contributed by atoms with E-state index in [1.54, 1.807) is 26.8 Å². The maximum absolute atomic E-state index is 13.7. The van der Waals surface area contributed by atoms with E-state index < -0.39 is 36.2 Å². The summed E-state index contributed by atoms with van der Waals surface area (Å²) in [6.07, 6.45) is 0. The van der Waals surface area contributed by atoms with Crippen LogP contribution in [0, 0.1) is 18.7 Å². The summed E-state index contributed by atoms with van der Waals surface area (Å²) in [5, 5.41) is 4.89. The molecule has 1 aromatic rings. The summed E-state index contributed by atoms with van der Waals surface area (Å²) in [7, 11) is 0. The maximum Gasteiger partial charge on any atom is 0.325 e. The fourth-order valence-electron chi connectivity index (χ4n) is 2.20. The number of hydrogen-bond donors (Lipinski definition) is 2. The van der Waals surface area contributed by atoms with E-state index in [-0.39, 0.29) is 11.6 Å². The Balaban J connectivity index is 2.03. The van der Waals surface area contributed by atoms with E-state index in [0.29, 0.717) is 0 Å². The third-order valence-corrected chi connectivity index (χ3v) is 3.42. The molecule has 0 aliphatic carbocycles.